The molecule has 2 heterocycles. The molecule has 4 nitrogen and oxygen atoms in total. The molecule has 1 atom stereocenters. The Bertz CT molecular complexity index is 1060. The third-order valence-corrected chi connectivity index (χ3v) is 6.17. The minimum absolute atomic E-state index is 0.256. The lowest BCUT2D eigenvalue weighted by atomic mass is 10.1. The second-order valence-electron chi connectivity index (χ2n) is 6.89. The first-order valence-electron chi connectivity index (χ1n) is 9.14. The van der Waals surface area contributed by atoms with Crippen molar-refractivity contribution in [2.24, 2.45) is 7.05 Å². The van der Waals surface area contributed by atoms with E-state index in [0.717, 1.165) is 12.1 Å². The first-order valence-corrected chi connectivity index (χ1v) is 10.2. The molecule has 1 aliphatic rings. The molecule has 1 amide bonds. The van der Waals surface area contributed by atoms with Crippen LogP contribution in [0, 0.1) is 5.82 Å². The molecule has 9 heteroatoms. The van der Waals surface area contributed by atoms with Gasteiger partial charge in [-0.1, -0.05) is 12.1 Å². The second kappa shape index (κ2) is 7.79. The van der Waals surface area contributed by atoms with Gasteiger partial charge in [0.25, 0.3) is 5.91 Å². The second-order valence-corrected chi connectivity index (χ2v) is 8.07. The highest BCUT2D eigenvalue weighted by molar-refractivity contribution is 7.99. The van der Waals surface area contributed by atoms with Crippen molar-refractivity contribution in [3.8, 4) is 11.3 Å². The van der Waals surface area contributed by atoms with Crippen molar-refractivity contribution in [2.75, 3.05) is 12.3 Å². The molecule has 3 aromatic rings. The van der Waals surface area contributed by atoms with Crippen molar-refractivity contribution in [1.82, 2.24) is 14.7 Å². The van der Waals surface area contributed by atoms with E-state index in [1.165, 1.54) is 40.7 Å². The number of carbonyl (C=O) groups excluding carboxylic acids is 1. The summed E-state index contributed by atoms with van der Waals surface area (Å²) in [5.74, 6) is 0.0628. The molecule has 1 fully saturated rings. The summed E-state index contributed by atoms with van der Waals surface area (Å²) in [4.78, 5) is 14.8. The van der Waals surface area contributed by atoms with E-state index < -0.39 is 11.7 Å². The van der Waals surface area contributed by atoms with E-state index in [1.807, 2.05) is 0 Å². The average molecular weight is 435 g/mol. The molecule has 0 saturated carbocycles. The van der Waals surface area contributed by atoms with Gasteiger partial charge in [0.2, 0.25) is 0 Å². The fourth-order valence-corrected chi connectivity index (χ4v) is 4.62. The van der Waals surface area contributed by atoms with Gasteiger partial charge in [0.15, 0.2) is 0 Å². The van der Waals surface area contributed by atoms with Gasteiger partial charge in [-0.15, -0.1) is 11.8 Å². The van der Waals surface area contributed by atoms with Gasteiger partial charge < -0.3 is 4.90 Å². The maximum Gasteiger partial charge on any atom is 0.416 e. The van der Waals surface area contributed by atoms with E-state index >= 15 is 0 Å². The Hall–Kier alpha value is -2.81. The molecule has 0 bridgehead atoms. The maximum atomic E-state index is 13.2. The van der Waals surface area contributed by atoms with Gasteiger partial charge in [-0.25, -0.2) is 4.39 Å². The summed E-state index contributed by atoms with van der Waals surface area (Å²) in [6, 6.07) is 12.4. The number of hydrogen-bond donors (Lipinski definition) is 0. The van der Waals surface area contributed by atoms with Crippen molar-refractivity contribution in [3.63, 3.8) is 0 Å². The Kier molecular flexibility index (Phi) is 5.31. The highest BCUT2D eigenvalue weighted by Crippen LogP contribution is 2.40. The van der Waals surface area contributed by atoms with Gasteiger partial charge in [-0.3, -0.25) is 9.48 Å². The molecule has 1 aromatic heterocycles. The van der Waals surface area contributed by atoms with E-state index in [1.54, 1.807) is 30.1 Å². The van der Waals surface area contributed by atoms with Crippen LogP contribution in [0.2, 0.25) is 0 Å². The van der Waals surface area contributed by atoms with Crippen molar-refractivity contribution in [1.29, 1.82) is 0 Å². The predicted octanol–water partition coefficient (Wildman–Crippen LogP) is 5.13. The molecule has 2 aromatic carbocycles. The normalized spacial score (nSPS) is 16.8. The molecule has 0 spiro atoms. The third kappa shape index (κ3) is 3.94. The molecular formula is C21H17F4N3OS. The predicted molar refractivity (Wildman–Crippen MR) is 106 cm³/mol. The molecule has 4 rings (SSSR count). The Morgan fingerprint density at radius 3 is 2.40 bits per heavy atom. The number of aromatic nitrogens is 2. The fraction of sp³-hybridized carbons (Fsp3) is 0.238. The molecular weight excluding hydrogens is 418 g/mol. The lowest BCUT2D eigenvalue weighted by Crippen LogP contribution is -2.31. The zero-order chi connectivity index (χ0) is 21.5. The summed E-state index contributed by atoms with van der Waals surface area (Å²) < 4.78 is 53.1. The summed E-state index contributed by atoms with van der Waals surface area (Å²) in [7, 11) is 1.65. The van der Waals surface area contributed by atoms with E-state index in [-0.39, 0.29) is 17.1 Å². The highest BCUT2D eigenvalue weighted by atomic mass is 32.2. The van der Waals surface area contributed by atoms with Crippen LogP contribution in [0.15, 0.2) is 54.6 Å². The smallest absolute Gasteiger partial charge is 0.320 e. The van der Waals surface area contributed by atoms with Crippen LogP contribution >= 0.6 is 11.8 Å². The number of carbonyl (C=O) groups is 1. The number of alkyl halides is 3. The number of thioether (sulfide) groups is 1. The number of amides is 1. The SMILES string of the molecule is Cn1nc(-c2ccc(F)cc2)cc1C(=O)N1CCS[C@@H]1c1ccc(C(F)(F)F)cc1. The number of aryl methyl sites for hydroxylation is 1. The number of benzene rings is 2. The minimum atomic E-state index is -4.40. The van der Waals surface area contributed by atoms with Crippen LogP contribution in [0.4, 0.5) is 17.6 Å². The van der Waals surface area contributed by atoms with Crippen molar-refractivity contribution >= 4 is 17.7 Å². The number of hydrogen-bond acceptors (Lipinski definition) is 3. The van der Waals surface area contributed by atoms with Crippen molar-refractivity contribution in [2.45, 2.75) is 11.6 Å². The van der Waals surface area contributed by atoms with E-state index in [9.17, 15) is 22.4 Å². The summed E-state index contributed by atoms with van der Waals surface area (Å²) in [5, 5.41) is 3.98. The monoisotopic (exact) mass is 435 g/mol. The third-order valence-electron chi connectivity index (χ3n) is 4.91. The summed E-state index contributed by atoms with van der Waals surface area (Å²) in [6.07, 6.45) is -4.40. The molecule has 0 radical (unpaired) electrons. The Morgan fingerprint density at radius 1 is 1.10 bits per heavy atom. The van der Waals surface area contributed by atoms with Crippen LogP contribution in [0.25, 0.3) is 11.3 Å². The van der Waals surface area contributed by atoms with Crippen LogP contribution in [-0.2, 0) is 13.2 Å². The average Bonchev–Trinajstić information content (AvgIpc) is 3.34. The maximum absolute atomic E-state index is 13.2. The van der Waals surface area contributed by atoms with Crippen LogP contribution < -0.4 is 0 Å². The van der Waals surface area contributed by atoms with Gasteiger partial charge >= 0.3 is 6.18 Å². The topological polar surface area (TPSA) is 38.1 Å². The van der Waals surface area contributed by atoms with Crippen LogP contribution in [0.5, 0.6) is 0 Å². The van der Waals surface area contributed by atoms with E-state index in [0.29, 0.717) is 34.8 Å². The zero-order valence-electron chi connectivity index (χ0n) is 15.9. The molecule has 1 aliphatic heterocycles. The molecule has 0 N–H and O–H groups in total. The van der Waals surface area contributed by atoms with E-state index in [4.69, 9.17) is 0 Å². The lowest BCUT2D eigenvalue weighted by Gasteiger charge is -2.24. The zero-order valence-corrected chi connectivity index (χ0v) is 16.7. The van der Waals surface area contributed by atoms with Crippen molar-refractivity contribution in [3.05, 3.63) is 77.2 Å². The largest absolute Gasteiger partial charge is 0.416 e. The van der Waals surface area contributed by atoms with Crippen molar-refractivity contribution < 1.29 is 22.4 Å². The fourth-order valence-electron chi connectivity index (χ4n) is 3.37. The Morgan fingerprint density at radius 2 is 1.77 bits per heavy atom. The van der Waals surface area contributed by atoms with Crippen LogP contribution in [-0.4, -0.2) is 32.9 Å². The summed E-state index contributed by atoms with van der Waals surface area (Å²) in [6.45, 7) is 0.478. The minimum Gasteiger partial charge on any atom is -0.320 e. The number of nitrogens with zero attached hydrogens (tertiary/aromatic N) is 3. The van der Waals surface area contributed by atoms with E-state index in [2.05, 4.69) is 5.10 Å². The van der Waals surface area contributed by atoms with Crippen LogP contribution in [0.3, 0.4) is 0 Å². The quantitative estimate of drug-likeness (QED) is 0.535. The first kappa shape index (κ1) is 20.5. The molecule has 0 unspecified atom stereocenters. The van der Waals surface area contributed by atoms with Gasteiger partial charge in [0.1, 0.15) is 16.9 Å². The van der Waals surface area contributed by atoms with Gasteiger partial charge in [-0.05, 0) is 48.0 Å². The van der Waals surface area contributed by atoms with Crippen LogP contribution in [0.1, 0.15) is 27.0 Å². The van der Waals surface area contributed by atoms with Gasteiger partial charge in [0, 0.05) is 24.9 Å². The number of rotatable bonds is 3. The summed E-state index contributed by atoms with van der Waals surface area (Å²) >= 11 is 1.50. The number of halogens is 4. The molecule has 156 valence electrons. The molecule has 1 saturated heterocycles. The Labute approximate surface area is 174 Å². The Balaban J connectivity index is 1.59. The first-order chi connectivity index (χ1) is 14.2. The van der Waals surface area contributed by atoms with Gasteiger partial charge in [0.05, 0.1) is 11.3 Å². The molecule has 30 heavy (non-hydrogen) atoms. The lowest BCUT2D eigenvalue weighted by molar-refractivity contribution is -0.137. The summed E-state index contributed by atoms with van der Waals surface area (Å²) in [5.41, 5.74) is 1.50. The standard InChI is InChI=1S/C21H17F4N3OS/c1-27-18(12-17(26-27)13-4-8-16(22)9-5-13)19(29)28-10-11-30-20(28)14-2-6-15(7-3-14)21(23,24)25/h2-9,12,20H,10-11H2,1H3/t20-/m1/s1. The molecule has 0 aliphatic carbocycles. The van der Waals surface area contributed by atoms with Gasteiger partial charge in [-0.2, -0.15) is 18.3 Å². The highest BCUT2D eigenvalue weighted by Gasteiger charge is 2.34.